The first-order valence-electron chi connectivity index (χ1n) is 9.38. The Labute approximate surface area is 187 Å². The highest BCUT2D eigenvalue weighted by Gasteiger charge is 2.32. The highest BCUT2D eigenvalue weighted by Crippen LogP contribution is 2.36. The average molecular weight is 489 g/mol. The summed E-state index contributed by atoms with van der Waals surface area (Å²) in [6.45, 7) is 6.27. The van der Waals surface area contributed by atoms with E-state index in [9.17, 15) is 9.59 Å². The van der Waals surface area contributed by atoms with Crippen LogP contribution in [0, 0.1) is 0 Å². The van der Waals surface area contributed by atoms with Crippen LogP contribution in [-0.4, -0.2) is 39.7 Å². The van der Waals surface area contributed by atoms with E-state index in [1.165, 1.54) is 23.9 Å². The standard InChI is InChI=1S/C22H21BrN2O4S/c1-4-25-20(26)19(12-15-11-16(23)7-10-18(15)29-13(2)3)30-22(25)24-17-8-5-14(6-9-17)21(27)28/h5-13H,4H2,1-3H3,(H,27,28)/b19-12+,24-22?. The number of thioether (sulfide) groups is 1. The first-order chi connectivity index (χ1) is 14.3. The number of carbonyl (C=O) groups is 2. The fourth-order valence-corrected chi connectivity index (χ4v) is 4.23. The van der Waals surface area contributed by atoms with Gasteiger partial charge in [0.05, 0.1) is 22.3 Å². The molecule has 1 aliphatic rings. The molecule has 2 aromatic rings. The predicted molar refractivity (Wildman–Crippen MR) is 123 cm³/mol. The maximum absolute atomic E-state index is 12.9. The topological polar surface area (TPSA) is 79.2 Å². The molecule has 0 atom stereocenters. The van der Waals surface area contributed by atoms with Gasteiger partial charge >= 0.3 is 5.97 Å². The van der Waals surface area contributed by atoms with Crippen LogP contribution in [0.1, 0.15) is 36.7 Å². The zero-order chi connectivity index (χ0) is 21.8. The summed E-state index contributed by atoms with van der Waals surface area (Å²) in [7, 11) is 0. The Kier molecular flexibility index (Phi) is 6.99. The van der Waals surface area contributed by atoms with Crippen LogP contribution in [0.3, 0.4) is 0 Å². The van der Waals surface area contributed by atoms with Crippen molar-refractivity contribution in [3.63, 3.8) is 0 Å². The fourth-order valence-electron chi connectivity index (χ4n) is 2.79. The minimum atomic E-state index is -0.992. The van der Waals surface area contributed by atoms with Gasteiger partial charge in [-0.2, -0.15) is 0 Å². The number of likely N-dealkylation sites (N-methyl/N-ethyl adjacent to an activating group) is 1. The number of carboxylic acid groups (broad SMARTS) is 1. The molecule has 1 aliphatic heterocycles. The molecule has 156 valence electrons. The van der Waals surface area contributed by atoms with Crippen LogP contribution in [0.4, 0.5) is 5.69 Å². The van der Waals surface area contributed by atoms with E-state index in [0.29, 0.717) is 28.1 Å². The van der Waals surface area contributed by atoms with Crippen molar-refractivity contribution in [2.24, 2.45) is 4.99 Å². The minimum Gasteiger partial charge on any atom is -0.490 e. The molecule has 0 saturated carbocycles. The molecule has 1 fully saturated rings. The van der Waals surface area contributed by atoms with E-state index in [1.807, 2.05) is 45.0 Å². The molecule has 6 nitrogen and oxygen atoms in total. The first kappa shape index (κ1) is 22.1. The molecule has 30 heavy (non-hydrogen) atoms. The second kappa shape index (κ2) is 9.49. The van der Waals surface area contributed by atoms with Crippen molar-refractivity contribution in [2.75, 3.05) is 6.54 Å². The van der Waals surface area contributed by atoms with E-state index in [1.54, 1.807) is 17.0 Å². The zero-order valence-electron chi connectivity index (χ0n) is 16.8. The largest absolute Gasteiger partial charge is 0.490 e. The Morgan fingerprint density at radius 1 is 1.27 bits per heavy atom. The molecule has 0 spiro atoms. The number of nitrogens with zero attached hydrogens (tertiary/aromatic N) is 2. The lowest BCUT2D eigenvalue weighted by Crippen LogP contribution is -2.28. The molecule has 1 N–H and O–H groups in total. The highest BCUT2D eigenvalue weighted by molar-refractivity contribution is 9.10. The van der Waals surface area contributed by atoms with E-state index in [4.69, 9.17) is 9.84 Å². The van der Waals surface area contributed by atoms with Gasteiger partial charge in [-0.05, 0) is 81.1 Å². The lowest BCUT2D eigenvalue weighted by molar-refractivity contribution is -0.122. The molecular weight excluding hydrogens is 468 g/mol. The Balaban J connectivity index is 1.94. The number of benzene rings is 2. The third-order valence-electron chi connectivity index (χ3n) is 4.16. The molecule has 8 heteroatoms. The van der Waals surface area contributed by atoms with E-state index in [-0.39, 0.29) is 17.6 Å². The first-order valence-corrected chi connectivity index (χ1v) is 11.0. The summed E-state index contributed by atoms with van der Waals surface area (Å²) in [4.78, 5) is 30.6. The summed E-state index contributed by atoms with van der Waals surface area (Å²) in [5, 5.41) is 9.59. The van der Waals surface area contributed by atoms with Crippen LogP contribution in [0.2, 0.25) is 0 Å². The Bertz CT molecular complexity index is 1030. The number of hydrogen-bond donors (Lipinski definition) is 1. The number of carbonyl (C=O) groups excluding carboxylic acids is 1. The second-order valence-electron chi connectivity index (χ2n) is 6.76. The molecule has 1 saturated heterocycles. The third kappa shape index (κ3) is 5.12. The number of amides is 1. The summed E-state index contributed by atoms with van der Waals surface area (Å²) in [6.07, 6.45) is 1.82. The predicted octanol–water partition coefficient (Wildman–Crippen LogP) is 5.56. The number of aromatic carboxylic acids is 1. The van der Waals surface area contributed by atoms with E-state index < -0.39 is 5.97 Å². The van der Waals surface area contributed by atoms with Crippen molar-refractivity contribution in [1.82, 2.24) is 4.90 Å². The van der Waals surface area contributed by atoms with E-state index in [0.717, 1.165) is 10.0 Å². The lowest BCUT2D eigenvalue weighted by atomic mass is 10.2. The number of carboxylic acids is 1. The number of rotatable bonds is 6. The molecule has 1 heterocycles. The Morgan fingerprint density at radius 3 is 2.57 bits per heavy atom. The van der Waals surface area contributed by atoms with Gasteiger partial charge in [-0.1, -0.05) is 15.9 Å². The maximum atomic E-state index is 12.9. The van der Waals surface area contributed by atoms with Crippen molar-refractivity contribution < 1.29 is 19.4 Å². The van der Waals surface area contributed by atoms with Crippen LogP contribution in [-0.2, 0) is 4.79 Å². The van der Waals surface area contributed by atoms with Crippen molar-refractivity contribution in [3.05, 3.63) is 63.0 Å². The quantitative estimate of drug-likeness (QED) is 0.538. The number of halogens is 1. The van der Waals surface area contributed by atoms with Gasteiger partial charge in [-0.3, -0.25) is 9.69 Å². The maximum Gasteiger partial charge on any atom is 0.335 e. The summed E-state index contributed by atoms with van der Waals surface area (Å²) in [5.41, 5.74) is 1.58. The van der Waals surface area contributed by atoms with Crippen LogP contribution in [0.15, 0.2) is 56.8 Å². The summed E-state index contributed by atoms with van der Waals surface area (Å²) >= 11 is 4.76. The van der Waals surface area contributed by atoms with Gasteiger partial charge in [0.1, 0.15) is 5.75 Å². The number of aliphatic imine (C=N–C) groups is 1. The molecule has 2 aromatic carbocycles. The highest BCUT2D eigenvalue weighted by atomic mass is 79.9. The molecule has 1 amide bonds. The number of hydrogen-bond acceptors (Lipinski definition) is 5. The van der Waals surface area contributed by atoms with Crippen molar-refractivity contribution in [1.29, 1.82) is 0 Å². The SMILES string of the molecule is CCN1C(=O)/C(=C\c2cc(Br)ccc2OC(C)C)SC1=Nc1ccc(C(=O)O)cc1. The normalized spacial score (nSPS) is 16.7. The smallest absolute Gasteiger partial charge is 0.335 e. The Morgan fingerprint density at radius 2 is 1.97 bits per heavy atom. The van der Waals surface area contributed by atoms with Crippen LogP contribution >= 0.6 is 27.7 Å². The van der Waals surface area contributed by atoms with Crippen LogP contribution in [0.25, 0.3) is 6.08 Å². The number of amidine groups is 1. The van der Waals surface area contributed by atoms with Crippen LogP contribution in [0.5, 0.6) is 5.75 Å². The van der Waals surface area contributed by atoms with Crippen LogP contribution < -0.4 is 4.74 Å². The van der Waals surface area contributed by atoms with Gasteiger partial charge in [0.25, 0.3) is 5.91 Å². The molecule has 0 radical (unpaired) electrons. The monoisotopic (exact) mass is 488 g/mol. The molecular formula is C22H21BrN2O4S. The van der Waals surface area contributed by atoms with Crippen molar-refractivity contribution >= 4 is 56.5 Å². The lowest BCUT2D eigenvalue weighted by Gasteiger charge is -2.13. The third-order valence-corrected chi connectivity index (χ3v) is 5.66. The summed E-state index contributed by atoms with van der Waals surface area (Å²) < 4.78 is 6.76. The van der Waals surface area contributed by atoms with Gasteiger partial charge in [-0.15, -0.1) is 0 Å². The zero-order valence-corrected chi connectivity index (χ0v) is 19.2. The van der Waals surface area contributed by atoms with Gasteiger partial charge in [-0.25, -0.2) is 9.79 Å². The molecule has 3 rings (SSSR count). The molecule has 0 aromatic heterocycles. The van der Waals surface area contributed by atoms with E-state index in [2.05, 4.69) is 20.9 Å². The van der Waals surface area contributed by atoms with Gasteiger partial charge in [0, 0.05) is 16.6 Å². The van der Waals surface area contributed by atoms with Gasteiger partial charge in [0.15, 0.2) is 5.17 Å². The molecule has 0 aliphatic carbocycles. The molecule has 0 bridgehead atoms. The second-order valence-corrected chi connectivity index (χ2v) is 8.68. The van der Waals surface area contributed by atoms with E-state index >= 15 is 0 Å². The summed E-state index contributed by atoms with van der Waals surface area (Å²) in [5.74, 6) is -0.417. The van der Waals surface area contributed by atoms with Gasteiger partial charge < -0.3 is 9.84 Å². The summed E-state index contributed by atoms with van der Waals surface area (Å²) in [6, 6.07) is 11.9. The van der Waals surface area contributed by atoms with Crippen molar-refractivity contribution in [2.45, 2.75) is 26.9 Å². The molecule has 0 unspecified atom stereocenters. The average Bonchev–Trinajstić information content (AvgIpc) is 2.98. The fraction of sp³-hybridized carbons (Fsp3) is 0.227. The van der Waals surface area contributed by atoms with Gasteiger partial charge in [0.2, 0.25) is 0 Å². The van der Waals surface area contributed by atoms with Crippen molar-refractivity contribution in [3.8, 4) is 5.75 Å². The number of ether oxygens (including phenoxy) is 1. The minimum absolute atomic E-state index is 0.00768. The Hall–Kier alpha value is -2.58.